The first kappa shape index (κ1) is 20.2. The molecule has 5 heteroatoms. The lowest BCUT2D eigenvalue weighted by atomic mass is 10.1. The predicted octanol–water partition coefficient (Wildman–Crippen LogP) is 3.30. The maximum Gasteiger partial charge on any atom is 0.254 e. The Labute approximate surface area is 114 Å². The third-order valence-corrected chi connectivity index (χ3v) is 4.05. The van der Waals surface area contributed by atoms with Crippen molar-refractivity contribution in [3.63, 3.8) is 0 Å². The van der Waals surface area contributed by atoms with Gasteiger partial charge in [0, 0.05) is 0 Å². The average Bonchev–Trinajstić information content (AvgIpc) is 2.22. The molecule has 0 aromatic rings. The first-order valence-electron chi connectivity index (χ1n) is 7.01. The quantitative estimate of drug-likeness (QED) is 0.390. The van der Waals surface area contributed by atoms with Crippen LogP contribution in [0.1, 0.15) is 65.7 Å². The number of hydrogen-bond acceptors (Lipinski definition) is 3. The molecular weight excluding hydrogens is 250 g/mol. The minimum absolute atomic E-state index is 0.415. The van der Waals surface area contributed by atoms with Crippen molar-refractivity contribution < 1.29 is 16.9 Å². The normalized spacial score (nSPS) is 11.9. The summed E-state index contributed by atoms with van der Waals surface area (Å²) in [5.41, 5.74) is 0. The monoisotopic (exact) mass is 281 g/mol. The Bertz CT molecular complexity index is 274. The molecule has 0 radical (unpaired) electrons. The van der Waals surface area contributed by atoms with Crippen LogP contribution in [0.3, 0.4) is 0 Å². The van der Waals surface area contributed by atoms with Gasteiger partial charge >= 0.3 is 0 Å². The van der Waals surface area contributed by atoms with Crippen LogP contribution in [0, 0.1) is 0 Å². The van der Waals surface area contributed by atoms with E-state index in [4.69, 9.17) is 0 Å². The summed E-state index contributed by atoms with van der Waals surface area (Å²) in [4.78, 5) is 0. The zero-order valence-electron chi connectivity index (χ0n) is 12.7. The molecule has 0 amide bonds. The van der Waals surface area contributed by atoms with Crippen LogP contribution in [-0.4, -0.2) is 37.5 Å². The molecular formula is C13H31NO3S. The highest BCUT2D eigenvalue weighted by atomic mass is 32.2. The third kappa shape index (κ3) is 11.0. The molecule has 0 spiro atoms. The Kier molecular flexibility index (Phi) is 12.1. The second-order valence-corrected chi connectivity index (χ2v) is 7.04. The first-order chi connectivity index (χ1) is 8.22. The van der Waals surface area contributed by atoms with Gasteiger partial charge in [0.25, 0.3) is 10.3 Å². The van der Waals surface area contributed by atoms with Crippen LogP contribution in [0.25, 0.3) is 0 Å². The highest BCUT2D eigenvalue weighted by Gasteiger charge is 2.22. The summed E-state index contributed by atoms with van der Waals surface area (Å²) in [5.74, 6) is 0. The number of quaternary nitrogens is 1. The second kappa shape index (κ2) is 10.8. The van der Waals surface area contributed by atoms with E-state index in [1.807, 2.05) is 0 Å². The lowest BCUT2D eigenvalue weighted by molar-refractivity contribution is -0.768. The summed E-state index contributed by atoms with van der Waals surface area (Å²) in [7, 11) is -1.31. The predicted molar refractivity (Wildman–Crippen MR) is 76.0 cm³/mol. The molecule has 18 heavy (non-hydrogen) atoms. The van der Waals surface area contributed by atoms with Crippen LogP contribution in [-0.2, 0) is 10.3 Å². The van der Waals surface area contributed by atoms with Crippen molar-refractivity contribution in [2.75, 3.05) is 20.6 Å². The molecule has 0 unspecified atom stereocenters. The summed E-state index contributed by atoms with van der Waals surface area (Å²) < 4.78 is 32.1. The van der Waals surface area contributed by atoms with E-state index in [2.05, 4.69) is 20.8 Å². The van der Waals surface area contributed by atoms with E-state index in [1.54, 1.807) is 0 Å². The Balaban J connectivity index is 0. The van der Waals surface area contributed by atoms with E-state index in [9.17, 15) is 13.0 Å². The molecule has 0 aromatic carbocycles. The summed E-state index contributed by atoms with van der Waals surface area (Å²) >= 11 is 0. The Morgan fingerprint density at radius 1 is 0.889 bits per heavy atom. The van der Waals surface area contributed by atoms with Crippen molar-refractivity contribution in [1.82, 2.24) is 0 Å². The average molecular weight is 281 g/mol. The maximum absolute atomic E-state index is 10.8. The van der Waals surface area contributed by atoms with Crippen LogP contribution in [0.15, 0.2) is 0 Å². The molecule has 0 aromatic heterocycles. The molecule has 0 atom stereocenters. The van der Waals surface area contributed by atoms with Gasteiger partial charge in [0.05, 0.1) is 20.6 Å². The van der Waals surface area contributed by atoms with Gasteiger partial charge in [-0.2, -0.15) is 8.42 Å². The van der Waals surface area contributed by atoms with Gasteiger partial charge in [0.2, 0.25) is 0 Å². The largest absolute Gasteiger partial charge is 0.702 e. The highest BCUT2D eigenvalue weighted by Crippen LogP contribution is 2.10. The van der Waals surface area contributed by atoms with Gasteiger partial charge in [-0.3, -0.25) is 0 Å². The zero-order chi connectivity index (χ0) is 14.7. The van der Waals surface area contributed by atoms with Gasteiger partial charge in [0.1, 0.15) is 0 Å². The molecule has 0 bridgehead atoms. The van der Waals surface area contributed by atoms with E-state index in [0.29, 0.717) is 6.54 Å². The second-order valence-electron chi connectivity index (χ2n) is 5.20. The van der Waals surface area contributed by atoms with Gasteiger partial charge in [-0.15, -0.1) is 0 Å². The molecule has 0 heterocycles. The number of rotatable bonds is 8. The van der Waals surface area contributed by atoms with E-state index < -0.39 is 14.2 Å². The van der Waals surface area contributed by atoms with Gasteiger partial charge in [-0.25, -0.2) is 3.89 Å². The van der Waals surface area contributed by atoms with Gasteiger partial charge < -0.3 is 4.55 Å². The molecule has 0 fully saturated rings. The smallest absolute Gasteiger partial charge is 0.254 e. The lowest BCUT2D eigenvalue weighted by Crippen LogP contribution is -2.45. The SMILES string of the molecule is CCC.CCCCCCCC[N+](C)(C)S(=O)(=O)[O-]. The minimum atomic E-state index is -4.21. The van der Waals surface area contributed by atoms with Crippen molar-refractivity contribution in [1.29, 1.82) is 0 Å². The van der Waals surface area contributed by atoms with Crippen molar-refractivity contribution in [2.24, 2.45) is 0 Å². The van der Waals surface area contributed by atoms with Gasteiger partial charge in [0.15, 0.2) is 0 Å². The molecule has 4 nitrogen and oxygen atoms in total. The van der Waals surface area contributed by atoms with Crippen LogP contribution < -0.4 is 0 Å². The standard InChI is InChI=1S/C10H23NO3S.C3H8/c1-4-5-6-7-8-9-10-11(2,3)15(12,13)14;1-3-2/h4-10H2,1-3H3;3H2,1-2H3. The van der Waals surface area contributed by atoms with Crippen molar-refractivity contribution >= 4 is 10.3 Å². The van der Waals surface area contributed by atoms with E-state index in [0.717, 1.165) is 19.3 Å². The fourth-order valence-corrected chi connectivity index (χ4v) is 1.74. The Morgan fingerprint density at radius 3 is 1.67 bits per heavy atom. The first-order valence-corrected chi connectivity index (χ1v) is 8.38. The molecule has 0 rings (SSSR count). The molecule has 0 saturated heterocycles. The summed E-state index contributed by atoms with van der Waals surface area (Å²) in [6.45, 7) is 6.82. The van der Waals surface area contributed by atoms with E-state index in [1.165, 1.54) is 39.8 Å². The minimum Gasteiger partial charge on any atom is -0.702 e. The topological polar surface area (TPSA) is 57.2 Å². The molecule has 112 valence electrons. The van der Waals surface area contributed by atoms with Crippen LogP contribution in [0.5, 0.6) is 0 Å². The number of hydrogen-bond donors (Lipinski definition) is 0. The summed E-state index contributed by atoms with van der Waals surface area (Å²) in [6.07, 6.45) is 7.84. The zero-order valence-corrected chi connectivity index (χ0v) is 13.6. The molecule has 0 saturated carbocycles. The third-order valence-electron chi connectivity index (χ3n) is 2.66. The highest BCUT2D eigenvalue weighted by molar-refractivity contribution is 7.79. The summed E-state index contributed by atoms with van der Waals surface area (Å²) in [6, 6.07) is 0. The van der Waals surface area contributed by atoms with Crippen LogP contribution >= 0.6 is 0 Å². The maximum atomic E-state index is 10.8. The van der Waals surface area contributed by atoms with Crippen molar-refractivity contribution in [2.45, 2.75) is 65.7 Å². The lowest BCUT2D eigenvalue weighted by Gasteiger charge is -2.30. The number of unbranched alkanes of at least 4 members (excludes halogenated alkanes) is 5. The molecule has 0 aliphatic heterocycles. The fraction of sp³-hybridized carbons (Fsp3) is 1.00. The van der Waals surface area contributed by atoms with Crippen LogP contribution in [0.4, 0.5) is 0 Å². The molecule has 0 aliphatic carbocycles. The fourth-order valence-electron chi connectivity index (χ4n) is 1.38. The van der Waals surface area contributed by atoms with E-state index >= 15 is 0 Å². The van der Waals surface area contributed by atoms with Crippen molar-refractivity contribution in [3.05, 3.63) is 0 Å². The van der Waals surface area contributed by atoms with Gasteiger partial charge in [-0.05, 0) is 12.8 Å². The Morgan fingerprint density at radius 2 is 1.28 bits per heavy atom. The Hall–Kier alpha value is -0.130. The van der Waals surface area contributed by atoms with Gasteiger partial charge in [-0.1, -0.05) is 52.9 Å². The number of nitrogens with zero attached hydrogens (tertiary/aromatic N) is 1. The van der Waals surface area contributed by atoms with Crippen LogP contribution in [0.2, 0.25) is 0 Å². The summed E-state index contributed by atoms with van der Waals surface area (Å²) in [5, 5.41) is 0. The van der Waals surface area contributed by atoms with E-state index in [-0.39, 0.29) is 0 Å². The molecule has 0 aliphatic rings. The molecule has 0 N–H and O–H groups in total. The van der Waals surface area contributed by atoms with Crippen molar-refractivity contribution in [3.8, 4) is 0 Å².